The molecule has 0 aliphatic heterocycles. The van der Waals surface area contributed by atoms with Crippen molar-refractivity contribution < 1.29 is 13.8 Å². The van der Waals surface area contributed by atoms with Crippen LogP contribution in [0.5, 0.6) is 0 Å². The molecule has 5 rings (SSSR count). The maximum Gasteiger partial charge on any atom is 0.348 e. The Morgan fingerprint density at radius 1 is 0.875 bits per heavy atom. The van der Waals surface area contributed by atoms with Crippen molar-refractivity contribution in [2.45, 2.75) is 13.8 Å². The number of aryl methyl sites for hydroxylation is 2. The average Bonchev–Trinajstić information content (AvgIpc) is 3.16. The minimum absolute atomic E-state index is 0.0386. The van der Waals surface area contributed by atoms with Gasteiger partial charge in [0.25, 0.3) is 5.69 Å². The summed E-state index contributed by atoms with van der Waals surface area (Å²) in [7, 11) is 0. The van der Waals surface area contributed by atoms with Crippen molar-refractivity contribution in [1.29, 1.82) is 0 Å². The number of anilines is 2. The molecule has 0 spiro atoms. The van der Waals surface area contributed by atoms with Crippen molar-refractivity contribution in [1.82, 2.24) is 0 Å². The maximum atomic E-state index is 13.0. The second-order valence-corrected chi connectivity index (χ2v) is 7.59. The summed E-state index contributed by atoms with van der Waals surface area (Å²) in [6.07, 6.45) is 0. The van der Waals surface area contributed by atoms with Gasteiger partial charge in [-0.25, -0.2) is 4.79 Å². The number of non-ortho nitro benzene ring substituents is 1. The topological polar surface area (TPSA) is 98.5 Å². The number of hydrogen-bond donors (Lipinski definition) is 1. The second kappa shape index (κ2) is 7.39. The number of furan rings is 1. The number of benzene rings is 3. The van der Waals surface area contributed by atoms with E-state index in [9.17, 15) is 14.9 Å². The molecule has 3 aromatic carbocycles. The molecule has 7 nitrogen and oxygen atoms in total. The van der Waals surface area contributed by atoms with Crippen molar-refractivity contribution in [2.24, 2.45) is 0 Å². The molecule has 0 atom stereocenters. The Bertz CT molecular complexity index is 1540. The van der Waals surface area contributed by atoms with Crippen LogP contribution in [0.25, 0.3) is 33.1 Å². The lowest BCUT2D eigenvalue weighted by Crippen LogP contribution is -2.00. The fraction of sp³-hybridized carbons (Fsp3) is 0.0800. The zero-order chi connectivity index (χ0) is 22.4. The molecule has 0 radical (unpaired) electrons. The molecule has 0 bridgehead atoms. The highest BCUT2D eigenvalue weighted by Gasteiger charge is 2.23. The molecule has 0 unspecified atom stereocenters. The zero-order valence-corrected chi connectivity index (χ0v) is 17.3. The first kappa shape index (κ1) is 19.6. The Labute approximate surface area is 182 Å². The van der Waals surface area contributed by atoms with Gasteiger partial charge in [-0.15, -0.1) is 0 Å². The molecule has 2 heterocycles. The first-order valence-corrected chi connectivity index (χ1v) is 10.0. The summed E-state index contributed by atoms with van der Waals surface area (Å²) in [6.45, 7) is 3.96. The molecule has 0 amide bonds. The van der Waals surface area contributed by atoms with Gasteiger partial charge in [0.2, 0.25) is 5.88 Å². The monoisotopic (exact) mass is 426 g/mol. The Morgan fingerprint density at radius 2 is 1.56 bits per heavy atom. The van der Waals surface area contributed by atoms with Crippen LogP contribution in [0.4, 0.5) is 17.3 Å². The van der Waals surface area contributed by atoms with Crippen molar-refractivity contribution in [3.05, 3.63) is 98.4 Å². The smallest absolute Gasteiger partial charge is 0.348 e. The molecule has 0 saturated heterocycles. The summed E-state index contributed by atoms with van der Waals surface area (Å²) >= 11 is 0. The van der Waals surface area contributed by atoms with Crippen molar-refractivity contribution in [3.63, 3.8) is 0 Å². The second-order valence-electron chi connectivity index (χ2n) is 7.59. The van der Waals surface area contributed by atoms with Crippen LogP contribution >= 0.6 is 0 Å². The number of rotatable bonds is 4. The van der Waals surface area contributed by atoms with E-state index < -0.39 is 10.5 Å². The number of nitrogens with zero attached hydrogens (tertiary/aromatic N) is 1. The van der Waals surface area contributed by atoms with Crippen LogP contribution in [-0.2, 0) is 0 Å². The third kappa shape index (κ3) is 3.11. The summed E-state index contributed by atoms with van der Waals surface area (Å²) in [5, 5.41) is 15.4. The number of fused-ring (bicyclic) bond motifs is 3. The van der Waals surface area contributed by atoms with Gasteiger partial charge >= 0.3 is 5.63 Å². The van der Waals surface area contributed by atoms with Crippen LogP contribution < -0.4 is 10.9 Å². The third-order valence-electron chi connectivity index (χ3n) is 5.53. The summed E-state index contributed by atoms with van der Waals surface area (Å²) in [5.41, 5.74) is 4.24. The number of nitrogens with one attached hydrogen (secondary N) is 1. The van der Waals surface area contributed by atoms with Crippen LogP contribution in [0, 0.1) is 24.0 Å². The number of nitro groups is 1. The van der Waals surface area contributed by atoms with Gasteiger partial charge in [0.05, 0.1) is 15.9 Å². The van der Waals surface area contributed by atoms with Crippen molar-refractivity contribution in [2.75, 3.05) is 5.32 Å². The molecule has 0 aliphatic rings. The fourth-order valence-corrected chi connectivity index (χ4v) is 3.95. The molecule has 158 valence electrons. The molecule has 2 aromatic heterocycles. The Hall–Kier alpha value is -4.39. The molecule has 0 saturated carbocycles. The van der Waals surface area contributed by atoms with Crippen LogP contribution in [0.1, 0.15) is 11.1 Å². The molecule has 0 aliphatic carbocycles. The standard InChI is InChI=1S/C25H18N2O5/c1-14-6-5-7-15(2)22(14)26-24-20(16-10-12-17(13-11-16)27(29)30)21-23(32-24)18-8-3-4-9-19(18)31-25(21)28/h3-13,26H,1-2H3. The van der Waals surface area contributed by atoms with E-state index in [1.54, 1.807) is 24.3 Å². The molecule has 5 aromatic rings. The van der Waals surface area contributed by atoms with E-state index in [1.807, 2.05) is 44.2 Å². The quantitative estimate of drug-likeness (QED) is 0.201. The molecule has 32 heavy (non-hydrogen) atoms. The van der Waals surface area contributed by atoms with Gasteiger partial charge in [0, 0.05) is 17.8 Å². The van der Waals surface area contributed by atoms with E-state index in [-0.39, 0.29) is 11.1 Å². The van der Waals surface area contributed by atoms with Gasteiger partial charge < -0.3 is 14.2 Å². The van der Waals surface area contributed by atoms with Crippen LogP contribution in [0.15, 0.2) is 80.4 Å². The largest absolute Gasteiger partial charge is 0.439 e. The van der Waals surface area contributed by atoms with Gasteiger partial charge in [-0.3, -0.25) is 10.1 Å². The van der Waals surface area contributed by atoms with Gasteiger partial charge in [-0.2, -0.15) is 0 Å². The van der Waals surface area contributed by atoms with E-state index >= 15 is 0 Å². The van der Waals surface area contributed by atoms with Gasteiger partial charge in [0.15, 0.2) is 5.58 Å². The third-order valence-corrected chi connectivity index (χ3v) is 5.53. The highest BCUT2D eigenvalue weighted by atomic mass is 16.6. The Balaban J connectivity index is 1.83. The number of para-hydroxylation sites is 2. The summed E-state index contributed by atoms with van der Waals surface area (Å²) in [4.78, 5) is 23.6. The van der Waals surface area contributed by atoms with Crippen molar-refractivity contribution >= 4 is 39.2 Å². The zero-order valence-electron chi connectivity index (χ0n) is 17.3. The highest BCUT2D eigenvalue weighted by molar-refractivity contribution is 6.10. The molecular formula is C25H18N2O5. The van der Waals surface area contributed by atoms with Crippen molar-refractivity contribution in [3.8, 4) is 11.1 Å². The van der Waals surface area contributed by atoms with E-state index in [1.165, 1.54) is 12.1 Å². The SMILES string of the molecule is Cc1cccc(C)c1Nc1oc2c(c1-c1ccc([N+](=O)[O-])cc1)c(=O)oc1ccccc12. The first-order chi connectivity index (χ1) is 15.4. The van der Waals surface area contributed by atoms with E-state index in [0.29, 0.717) is 33.6 Å². The lowest BCUT2D eigenvalue weighted by molar-refractivity contribution is -0.384. The summed E-state index contributed by atoms with van der Waals surface area (Å²) < 4.78 is 11.8. The van der Waals surface area contributed by atoms with Gasteiger partial charge in [0.1, 0.15) is 11.0 Å². The first-order valence-electron chi connectivity index (χ1n) is 10.0. The van der Waals surface area contributed by atoms with Crippen LogP contribution in [-0.4, -0.2) is 4.92 Å². The Morgan fingerprint density at radius 3 is 2.25 bits per heavy atom. The predicted octanol–water partition coefficient (Wildman–Crippen LogP) is 6.47. The molecular weight excluding hydrogens is 408 g/mol. The maximum absolute atomic E-state index is 13.0. The number of hydrogen-bond acceptors (Lipinski definition) is 6. The average molecular weight is 426 g/mol. The van der Waals surface area contributed by atoms with Crippen LogP contribution in [0.3, 0.4) is 0 Å². The minimum atomic E-state index is -0.537. The molecule has 7 heteroatoms. The molecule has 0 fully saturated rings. The van der Waals surface area contributed by atoms with E-state index in [4.69, 9.17) is 8.83 Å². The fourth-order valence-electron chi connectivity index (χ4n) is 3.95. The predicted molar refractivity (Wildman–Crippen MR) is 124 cm³/mol. The lowest BCUT2D eigenvalue weighted by atomic mass is 10.0. The Kier molecular flexibility index (Phi) is 4.52. The summed E-state index contributed by atoms with van der Waals surface area (Å²) in [5.74, 6) is 0.370. The minimum Gasteiger partial charge on any atom is -0.439 e. The molecule has 1 N–H and O–H groups in total. The normalized spacial score (nSPS) is 11.2. The highest BCUT2D eigenvalue weighted by Crippen LogP contribution is 2.42. The van der Waals surface area contributed by atoms with E-state index in [2.05, 4.69) is 5.32 Å². The number of nitro benzene ring substituents is 1. The van der Waals surface area contributed by atoms with Gasteiger partial charge in [-0.1, -0.05) is 30.3 Å². The lowest BCUT2D eigenvalue weighted by Gasteiger charge is -2.12. The van der Waals surface area contributed by atoms with Gasteiger partial charge in [-0.05, 0) is 54.8 Å². The summed E-state index contributed by atoms with van der Waals surface area (Å²) in [6, 6.07) is 19.1. The van der Waals surface area contributed by atoms with Crippen LogP contribution in [0.2, 0.25) is 0 Å². The van der Waals surface area contributed by atoms with E-state index in [0.717, 1.165) is 16.8 Å².